The van der Waals surface area contributed by atoms with E-state index in [1.54, 1.807) is 11.8 Å². The lowest BCUT2D eigenvalue weighted by molar-refractivity contribution is -0.145. The maximum atomic E-state index is 11.8. The molecule has 0 saturated carbocycles. The van der Waals surface area contributed by atoms with Gasteiger partial charge in [-0.05, 0) is 12.8 Å². The molecule has 1 fully saturated rings. The second-order valence-corrected chi connectivity index (χ2v) is 4.30. The van der Waals surface area contributed by atoms with Crippen molar-refractivity contribution in [3.63, 3.8) is 0 Å². The number of hydrogen-bond acceptors (Lipinski definition) is 3. The standard InChI is InChI=1S/C10H19N3O2.ClH/c1-6(2)8-9(14)12-4-5-13(8)10(15)7(3)11;/h6-8H,4-5,11H2,1-3H3,(H,12,14);1H. The minimum Gasteiger partial charge on any atom is -0.353 e. The van der Waals surface area contributed by atoms with Crippen molar-refractivity contribution < 1.29 is 9.59 Å². The summed E-state index contributed by atoms with van der Waals surface area (Å²) < 4.78 is 0. The van der Waals surface area contributed by atoms with Gasteiger partial charge in [-0.3, -0.25) is 9.59 Å². The van der Waals surface area contributed by atoms with E-state index < -0.39 is 6.04 Å². The van der Waals surface area contributed by atoms with Crippen LogP contribution in [-0.2, 0) is 9.59 Å². The second-order valence-electron chi connectivity index (χ2n) is 4.30. The molecule has 0 aromatic rings. The lowest BCUT2D eigenvalue weighted by atomic mass is 9.99. The molecular formula is C10H20ClN3O2. The Kier molecular flexibility index (Phi) is 5.75. The number of nitrogens with one attached hydrogen (secondary N) is 1. The van der Waals surface area contributed by atoms with Gasteiger partial charge in [0.05, 0.1) is 6.04 Å². The zero-order chi connectivity index (χ0) is 11.6. The first kappa shape index (κ1) is 15.2. The Morgan fingerprint density at radius 1 is 1.50 bits per heavy atom. The summed E-state index contributed by atoms with van der Waals surface area (Å²) in [5.74, 6) is -0.123. The highest BCUT2D eigenvalue weighted by atomic mass is 35.5. The van der Waals surface area contributed by atoms with Crippen LogP contribution in [0.4, 0.5) is 0 Å². The summed E-state index contributed by atoms with van der Waals surface area (Å²) in [6, 6.07) is -0.922. The molecule has 5 nitrogen and oxygen atoms in total. The molecule has 0 bridgehead atoms. The van der Waals surface area contributed by atoms with Crippen molar-refractivity contribution >= 4 is 24.2 Å². The maximum Gasteiger partial charge on any atom is 0.243 e. The van der Waals surface area contributed by atoms with Crippen LogP contribution >= 0.6 is 12.4 Å². The Morgan fingerprint density at radius 2 is 2.06 bits per heavy atom. The van der Waals surface area contributed by atoms with Gasteiger partial charge in [0.2, 0.25) is 11.8 Å². The van der Waals surface area contributed by atoms with Crippen molar-refractivity contribution in [2.24, 2.45) is 11.7 Å². The number of piperazine rings is 1. The average Bonchev–Trinajstić information content (AvgIpc) is 2.15. The third-order valence-corrected chi connectivity index (χ3v) is 2.56. The van der Waals surface area contributed by atoms with Crippen LogP contribution in [0.3, 0.4) is 0 Å². The summed E-state index contributed by atoms with van der Waals surface area (Å²) in [5.41, 5.74) is 5.55. The highest BCUT2D eigenvalue weighted by Crippen LogP contribution is 2.14. The number of carbonyl (C=O) groups is 2. The van der Waals surface area contributed by atoms with Crippen LogP contribution < -0.4 is 11.1 Å². The Hall–Kier alpha value is -0.810. The van der Waals surface area contributed by atoms with Gasteiger partial charge in [0, 0.05) is 13.1 Å². The lowest BCUT2D eigenvalue weighted by Crippen LogP contribution is -2.61. The molecule has 3 N–H and O–H groups in total. The van der Waals surface area contributed by atoms with Crippen LogP contribution in [0.2, 0.25) is 0 Å². The number of nitrogens with zero attached hydrogens (tertiary/aromatic N) is 1. The number of amides is 2. The van der Waals surface area contributed by atoms with E-state index in [1.165, 1.54) is 0 Å². The summed E-state index contributed by atoms with van der Waals surface area (Å²) in [6.07, 6.45) is 0. The third kappa shape index (κ3) is 3.09. The summed E-state index contributed by atoms with van der Waals surface area (Å²) in [7, 11) is 0. The Balaban J connectivity index is 0.00000225. The summed E-state index contributed by atoms with van der Waals surface area (Å²) in [4.78, 5) is 25.0. The van der Waals surface area contributed by atoms with E-state index >= 15 is 0 Å². The number of rotatable bonds is 2. The van der Waals surface area contributed by atoms with Crippen LogP contribution in [0.15, 0.2) is 0 Å². The quantitative estimate of drug-likeness (QED) is 0.708. The fourth-order valence-electron chi connectivity index (χ4n) is 1.86. The minimum absolute atomic E-state index is 0. The van der Waals surface area contributed by atoms with Crippen LogP contribution in [0.25, 0.3) is 0 Å². The van der Waals surface area contributed by atoms with Crippen molar-refractivity contribution in [2.75, 3.05) is 13.1 Å². The van der Waals surface area contributed by atoms with Crippen molar-refractivity contribution in [2.45, 2.75) is 32.9 Å². The Morgan fingerprint density at radius 3 is 2.50 bits per heavy atom. The Labute approximate surface area is 102 Å². The molecule has 0 spiro atoms. The predicted octanol–water partition coefficient (Wildman–Crippen LogP) is -0.262. The molecule has 1 heterocycles. The zero-order valence-corrected chi connectivity index (χ0v) is 10.7. The molecular weight excluding hydrogens is 230 g/mol. The van der Waals surface area contributed by atoms with Crippen molar-refractivity contribution in [1.82, 2.24) is 10.2 Å². The van der Waals surface area contributed by atoms with Crippen LogP contribution in [0, 0.1) is 5.92 Å². The molecule has 1 rings (SSSR count). The van der Waals surface area contributed by atoms with Crippen molar-refractivity contribution in [3.8, 4) is 0 Å². The monoisotopic (exact) mass is 249 g/mol. The zero-order valence-electron chi connectivity index (χ0n) is 9.90. The van der Waals surface area contributed by atoms with E-state index in [2.05, 4.69) is 5.32 Å². The summed E-state index contributed by atoms with van der Waals surface area (Å²) in [6.45, 7) is 6.57. The van der Waals surface area contributed by atoms with Gasteiger partial charge in [-0.1, -0.05) is 13.8 Å². The van der Waals surface area contributed by atoms with E-state index in [4.69, 9.17) is 5.73 Å². The van der Waals surface area contributed by atoms with Gasteiger partial charge in [-0.2, -0.15) is 0 Å². The van der Waals surface area contributed by atoms with Crippen LogP contribution in [0.5, 0.6) is 0 Å². The van der Waals surface area contributed by atoms with Gasteiger partial charge in [-0.25, -0.2) is 0 Å². The fraction of sp³-hybridized carbons (Fsp3) is 0.800. The molecule has 1 aliphatic heterocycles. The van der Waals surface area contributed by atoms with E-state index in [0.717, 1.165) is 0 Å². The van der Waals surface area contributed by atoms with Gasteiger partial charge in [0.25, 0.3) is 0 Å². The lowest BCUT2D eigenvalue weighted by Gasteiger charge is -2.38. The van der Waals surface area contributed by atoms with Gasteiger partial charge in [0.15, 0.2) is 0 Å². The van der Waals surface area contributed by atoms with Crippen molar-refractivity contribution in [3.05, 3.63) is 0 Å². The number of halogens is 1. The van der Waals surface area contributed by atoms with Crippen LogP contribution in [-0.4, -0.2) is 41.9 Å². The highest BCUT2D eigenvalue weighted by molar-refractivity contribution is 5.90. The molecule has 1 saturated heterocycles. The number of nitrogens with two attached hydrogens (primary N) is 1. The molecule has 0 aliphatic carbocycles. The molecule has 6 heteroatoms. The average molecular weight is 250 g/mol. The van der Waals surface area contributed by atoms with E-state index in [0.29, 0.717) is 13.1 Å². The third-order valence-electron chi connectivity index (χ3n) is 2.56. The second kappa shape index (κ2) is 6.06. The number of hydrogen-bond donors (Lipinski definition) is 2. The van der Waals surface area contributed by atoms with Crippen LogP contribution in [0.1, 0.15) is 20.8 Å². The van der Waals surface area contributed by atoms with E-state index in [9.17, 15) is 9.59 Å². The van der Waals surface area contributed by atoms with Gasteiger partial charge in [-0.15, -0.1) is 12.4 Å². The molecule has 2 unspecified atom stereocenters. The van der Waals surface area contributed by atoms with Crippen molar-refractivity contribution in [1.29, 1.82) is 0 Å². The molecule has 2 atom stereocenters. The SMILES string of the molecule is CC(N)C(=O)N1CCNC(=O)C1C(C)C.Cl. The maximum absolute atomic E-state index is 11.8. The Bertz CT molecular complexity index is 269. The molecule has 0 aromatic carbocycles. The molecule has 16 heavy (non-hydrogen) atoms. The molecule has 0 aromatic heterocycles. The minimum atomic E-state index is -0.544. The smallest absolute Gasteiger partial charge is 0.243 e. The predicted molar refractivity (Wildman–Crippen MR) is 64.2 cm³/mol. The fourth-order valence-corrected chi connectivity index (χ4v) is 1.86. The first-order valence-corrected chi connectivity index (χ1v) is 5.29. The van der Waals surface area contributed by atoms with E-state index in [-0.39, 0.29) is 36.2 Å². The van der Waals surface area contributed by atoms with Gasteiger partial charge in [0.1, 0.15) is 6.04 Å². The normalized spacial score (nSPS) is 22.4. The highest BCUT2D eigenvalue weighted by Gasteiger charge is 2.35. The summed E-state index contributed by atoms with van der Waals surface area (Å²) in [5, 5.41) is 2.76. The van der Waals surface area contributed by atoms with Gasteiger partial charge < -0.3 is 16.0 Å². The molecule has 2 amide bonds. The molecule has 94 valence electrons. The number of carbonyl (C=O) groups excluding carboxylic acids is 2. The van der Waals surface area contributed by atoms with Gasteiger partial charge >= 0.3 is 0 Å². The molecule has 1 aliphatic rings. The molecule has 0 radical (unpaired) electrons. The first-order chi connectivity index (χ1) is 6.95. The topological polar surface area (TPSA) is 75.4 Å². The first-order valence-electron chi connectivity index (χ1n) is 5.29. The summed E-state index contributed by atoms with van der Waals surface area (Å²) >= 11 is 0. The largest absolute Gasteiger partial charge is 0.353 e. The van der Waals surface area contributed by atoms with E-state index in [1.807, 2.05) is 13.8 Å².